The Kier molecular flexibility index (Phi) is 5.80. The molecule has 2 aliphatic heterocycles. The molecule has 0 unspecified atom stereocenters. The Bertz CT molecular complexity index is 989. The summed E-state index contributed by atoms with van der Waals surface area (Å²) in [7, 11) is 0. The van der Waals surface area contributed by atoms with Gasteiger partial charge in [0.2, 0.25) is 11.8 Å². The number of nitrogens with two attached hydrogens (primary N) is 1. The summed E-state index contributed by atoms with van der Waals surface area (Å²) in [5.41, 5.74) is 8.64. The van der Waals surface area contributed by atoms with Gasteiger partial charge in [-0.05, 0) is 45.2 Å². The number of carbonyl (C=O) groups is 3. The molecule has 1 atom stereocenters. The predicted molar refractivity (Wildman–Crippen MR) is 117 cm³/mol. The molecule has 2 aromatic rings. The van der Waals surface area contributed by atoms with Gasteiger partial charge in [-0.25, -0.2) is 4.68 Å². The van der Waals surface area contributed by atoms with Gasteiger partial charge < -0.3 is 15.5 Å². The van der Waals surface area contributed by atoms with E-state index in [0.29, 0.717) is 50.3 Å². The number of rotatable bonds is 5. The maximum absolute atomic E-state index is 13.1. The highest BCUT2D eigenvalue weighted by Crippen LogP contribution is 2.27. The highest BCUT2D eigenvalue weighted by atomic mass is 16.2. The molecule has 0 saturated carbocycles. The van der Waals surface area contributed by atoms with Crippen LogP contribution in [0.1, 0.15) is 48.5 Å². The number of carbonyl (C=O) groups excluding carboxylic acids is 3. The minimum atomic E-state index is -0.439. The predicted octanol–water partition coefficient (Wildman–Crippen LogP) is 2.20. The number of anilines is 1. The first-order valence-corrected chi connectivity index (χ1v) is 10.9. The van der Waals surface area contributed by atoms with E-state index < -0.39 is 6.04 Å². The van der Waals surface area contributed by atoms with Crippen LogP contribution in [0, 0.1) is 12.8 Å². The Labute approximate surface area is 182 Å². The number of benzene rings is 1. The fourth-order valence-corrected chi connectivity index (χ4v) is 4.50. The van der Waals surface area contributed by atoms with Crippen molar-refractivity contribution >= 4 is 23.4 Å². The molecular weight excluding hydrogens is 394 g/mol. The van der Waals surface area contributed by atoms with Gasteiger partial charge in [0.15, 0.2) is 5.78 Å². The van der Waals surface area contributed by atoms with Crippen LogP contribution in [0.25, 0.3) is 5.69 Å². The van der Waals surface area contributed by atoms with Gasteiger partial charge in [0.25, 0.3) is 0 Å². The summed E-state index contributed by atoms with van der Waals surface area (Å²) in [6.07, 6.45) is 4.04. The number of likely N-dealkylation sites (tertiary alicyclic amines) is 2. The van der Waals surface area contributed by atoms with Crippen LogP contribution in [0.3, 0.4) is 0 Å². The van der Waals surface area contributed by atoms with E-state index in [4.69, 9.17) is 5.73 Å². The number of ketones is 1. The lowest BCUT2D eigenvalue weighted by Gasteiger charge is -2.35. The highest BCUT2D eigenvalue weighted by molar-refractivity contribution is 6.02. The first-order chi connectivity index (χ1) is 14.9. The quantitative estimate of drug-likeness (QED) is 0.743. The van der Waals surface area contributed by atoms with Gasteiger partial charge in [0.1, 0.15) is 11.9 Å². The maximum Gasteiger partial charge on any atom is 0.245 e. The molecule has 0 radical (unpaired) electrons. The van der Waals surface area contributed by atoms with Crippen molar-refractivity contribution in [2.45, 2.75) is 45.6 Å². The second-order valence-corrected chi connectivity index (χ2v) is 8.52. The number of Topliss-reactive ketones (excluding diaryl/α,β-unsaturated/α-hetero) is 1. The summed E-state index contributed by atoms with van der Waals surface area (Å²) in [6.45, 7) is 5.46. The van der Waals surface area contributed by atoms with Crippen LogP contribution in [0.4, 0.5) is 5.82 Å². The van der Waals surface area contributed by atoms with E-state index in [1.54, 1.807) is 21.4 Å². The van der Waals surface area contributed by atoms with Crippen LogP contribution >= 0.6 is 0 Å². The van der Waals surface area contributed by atoms with Crippen molar-refractivity contribution in [3.63, 3.8) is 0 Å². The van der Waals surface area contributed by atoms with Crippen molar-refractivity contribution < 1.29 is 14.4 Å². The van der Waals surface area contributed by atoms with E-state index in [2.05, 4.69) is 5.10 Å². The Morgan fingerprint density at radius 2 is 1.81 bits per heavy atom. The number of nitrogen functional groups attached to an aromatic ring is 1. The molecule has 2 saturated heterocycles. The number of nitrogens with zero attached hydrogens (tertiary/aromatic N) is 4. The molecule has 8 heteroatoms. The number of hydrogen-bond acceptors (Lipinski definition) is 5. The molecule has 2 amide bonds. The van der Waals surface area contributed by atoms with Crippen molar-refractivity contribution in [1.29, 1.82) is 0 Å². The van der Waals surface area contributed by atoms with Gasteiger partial charge in [-0.3, -0.25) is 14.4 Å². The zero-order valence-electron chi connectivity index (χ0n) is 18.1. The normalized spacial score (nSPS) is 18.5. The maximum atomic E-state index is 13.1. The van der Waals surface area contributed by atoms with E-state index >= 15 is 0 Å². The number of hydrogen-bond donors (Lipinski definition) is 1. The molecule has 0 aliphatic carbocycles. The lowest BCUT2D eigenvalue weighted by molar-refractivity contribution is -0.143. The molecule has 1 aromatic carbocycles. The number of piperidine rings is 1. The number of aryl methyl sites for hydroxylation is 1. The first-order valence-electron chi connectivity index (χ1n) is 10.9. The molecule has 0 bridgehead atoms. The Morgan fingerprint density at radius 1 is 1.13 bits per heavy atom. The largest absolute Gasteiger partial charge is 0.383 e. The lowest BCUT2D eigenvalue weighted by Crippen LogP contribution is -2.50. The highest BCUT2D eigenvalue weighted by Gasteiger charge is 2.35. The summed E-state index contributed by atoms with van der Waals surface area (Å²) in [5, 5.41) is 4.32. The Hall–Kier alpha value is -3.16. The molecule has 3 heterocycles. The summed E-state index contributed by atoms with van der Waals surface area (Å²) in [5.74, 6) is 0.143. The Balaban J connectivity index is 1.39. The van der Waals surface area contributed by atoms with E-state index in [0.717, 1.165) is 17.7 Å². The van der Waals surface area contributed by atoms with Crippen molar-refractivity contribution in [1.82, 2.24) is 19.6 Å². The second kappa shape index (κ2) is 8.53. The molecule has 164 valence electrons. The fourth-order valence-electron chi connectivity index (χ4n) is 4.50. The molecule has 2 aliphatic rings. The number of aromatic nitrogens is 2. The van der Waals surface area contributed by atoms with Gasteiger partial charge in [-0.1, -0.05) is 17.7 Å². The standard InChI is InChI=1S/C23H29N5O3/c1-15-5-7-18(8-6-15)28-22(24)19(14-25-28)21(30)17-9-12-26(13-10-17)23(31)16(2)27-11-3-4-20(27)29/h5-8,14,16-17H,3-4,9-13,24H2,1-2H3/t16-/m0/s1. The van der Waals surface area contributed by atoms with Crippen molar-refractivity contribution in [2.75, 3.05) is 25.4 Å². The summed E-state index contributed by atoms with van der Waals surface area (Å²) >= 11 is 0. The topological polar surface area (TPSA) is 102 Å². The minimum absolute atomic E-state index is 0.0225. The van der Waals surface area contributed by atoms with Gasteiger partial charge in [-0.2, -0.15) is 5.10 Å². The van der Waals surface area contributed by atoms with Crippen LogP contribution in [0.5, 0.6) is 0 Å². The third-order valence-electron chi connectivity index (χ3n) is 6.46. The average Bonchev–Trinajstić information content (AvgIpc) is 3.38. The monoisotopic (exact) mass is 423 g/mol. The van der Waals surface area contributed by atoms with Crippen LogP contribution in [-0.2, 0) is 9.59 Å². The molecular formula is C23H29N5O3. The van der Waals surface area contributed by atoms with Crippen molar-refractivity contribution in [3.8, 4) is 5.69 Å². The van der Waals surface area contributed by atoms with Gasteiger partial charge >= 0.3 is 0 Å². The van der Waals surface area contributed by atoms with E-state index in [9.17, 15) is 14.4 Å². The minimum Gasteiger partial charge on any atom is -0.383 e. The summed E-state index contributed by atoms with van der Waals surface area (Å²) < 4.78 is 1.58. The van der Waals surface area contributed by atoms with Crippen molar-refractivity contribution in [2.24, 2.45) is 5.92 Å². The molecule has 4 rings (SSSR count). The first kappa shape index (κ1) is 21.1. The fraction of sp³-hybridized carbons (Fsp3) is 0.478. The zero-order chi connectivity index (χ0) is 22.1. The zero-order valence-corrected chi connectivity index (χ0v) is 18.1. The van der Waals surface area contributed by atoms with E-state index in [1.165, 1.54) is 6.20 Å². The summed E-state index contributed by atoms with van der Waals surface area (Å²) in [4.78, 5) is 41.3. The van der Waals surface area contributed by atoms with Crippen molar-refractivity contribution in [3.05, 3.63) is 41.6 Å². The average molecular weight is 424 g/mol. The van der Waals surface area contributed by atoms with Crippen LogP contribution in [-0.4, -0.2) is 62.9 Å². The second-order valence-electron chi connectivity index (χ2n) is 8.52. The SMILES string of the molecule is Cc1ccc(-n2ncc(C(=O)C3CCN(C(=O)[C@H](C)N4CCCC4=O)CC3)c2N)cc1. The molecule has 8 nitrogen and oxygen atoms in total. The molecule has 1 aromatic heterocycles. The molecule has 2 fully saturated rings. The molecule has 0 spiro atoms. The van der Waals surface area contributed by atoms with Gasteiger partial charge in [-0.15, -0.1) is 0 Å². The number of amides is 2. The van der Waals surface area contributed by atoms with Crippen LogP contribution < -0.4 is 5.73 Å². The van der Waals surface area contributed by atoms with Crippen LogP contribution in [0.2, 0.25) is 0 Å². The smallest absolute Gasteiger partial charge is 0.245 e. The Morgan fingerprint density at radius 3 is 2.42 bits per heavy atom. The van der Waals surface area contributed by atoms with Gasteiger partial charge in [0, 0.05) is 32.0 Å². The summed E-state index contributed by atoms with van der Waals surface area (Å²) in [6, 6.07) is 7.35. The van der Waals surface area contributed by atoms with E-state index in [-0.39, 0.29) is 23.5 Å². The third kappa shape index (κ3) is 4.06. The van der Waals surface area contributed by atoms with Crippen LogP contribution in [0.15, 0.2) is 30.5 Å². The van der Waals surface area contributed by atoms with E-state index in [1.807, 2.05) is 31.2 Å². The lowest BCUT2D eigenvalue weighted by atomic mass is 9.89. The molecule has 2 N–H and O–H groups in total. The van der Waals surface area contributed by atoms with Gasteiger partial charge in [0.05, 0.1) is 17.4 Å². The molecule has 31 heavy (non-hydrogen) atoms. The third-order valence-corrected chi connectivity index (χ3v) is 6.46.